The van der Waals surface area contributed by atoms with Crippen molar-refractivity contribution in [1.82, 2.24) is 24.7 Å². The van der Waals surface area contributed by atoms with Crippen LogP contribution in [0.2, 0.25) is 0 Å². The number of carbonyl (C=O) groups is 1. The van der Waals surface area contributed by atoms with Crippen molar-refractivity contribution in [3.05, 3.63) is 92.8 Å². The third-order valence-electron chi connectivity index (χ3n) is 4.66. The fourth-order valence-electron chi connectivity index (χ4n) is 3.14. The first-order valence-corrected chi connectivity index (χ1v) is 11.0. The number of rotatable bonds is 8. The van der Waals surface area contributed by atoms with Gasteiger partial charge in [-0.3, -0.25) is 19.1 Å². The molecule has 0 bridgehead atoms. The smallest absolute Gasteiger partial charge is 0.325 e. The number of aromatic amines is 2. The highest BCUT2D eigenvalue weighted by Crippen LogP contribution is 2.24. The van der Waals surface area contributed by atoms with Gasteiger partial charge in [-0.25, -0.2) is 9.18 Å². The number of aromatic nitrogens is 5. The summed E-state index contributed by atoms with van der Waals surface area (Å²) in [7, 11) is 1.56. The van der Waals surface area contributed by atoms with Gasteiger partial charge in [0.1, 0.15) is 17.4 Å². The molecule has 2 aromatic heterocycles. The predicted molar refractivity (Wildman–Crippen MR) is 124 cm³/mol. The second-order valence-corrected chi connectivity index (χ2v) is 8.01. The zero-order chi connectivity index (χ0) is 24.1. The van der Waals surface area contributed by atoms with E-state index in [0.717, 1.165) is 11.8 Å². The van der Waals surface area contributed by atoms with Crippen LogP contribution in [0, 0.1) is 5.82 Å². The quantitative estimate of drug-likeness (QED) is 0.328. The van der Waals surface area contributed by atoms with E-state index in [9.17, 15) is 18.8 Å². The number of benzene rings is 2. The molecule has 34 heavy (non-hydrogen) atoms. The molecule has 0 radical (unpaired) electrons. The molecule has 12 heteroatoms. The van der Waals surface area contributed by atoms with Crippen molar-refractivity contribution in [1.29, 1.82) is 0 Å². The van der Waals surface area contributed by atoms with Gasteiger partial charge in [0, 0.05) is 29.6 Å². The van der Waals surface area contributed by atoms with Crippen LogP contribution in [0.3, 0.4) is 0 Å². The Hall–Kier alpha value is -4.19. The first-order chi connectivity index (χ1) is 16.4. The summed E-state index contributed by atoms with van der Waals surface area (Å²) in [5, 5.41) is 11.5. The predicted octanol–water partition coefficient (Wildman–Crippen LogP) is 2.11. The third kappa shape index (κ3) is 5.59. The average molecular weight is 482 g/mol. The summed E-state index contributed by atoms with van der Waals surface area (Å²) in [6.07, 6.45) is 0.0855. The number of nitrogens with one attached hydrogen (secondary N) is 3. The minimum absolute atomic E-state index is 0.0349. The van der Waals surface area contributed by atoms with Gasteiger partial charge >= 0.3 is 5.69 Å². The standard InChI is InChI=1S/C22H19FN6O4S/c1-33-17-8-4-14(5-9-17)24-20(31)12-34-22-28-27-18(10-15-11-19(30)26-21(32)25-15)29(22)16-6-2-13(23)3-7-16/h2-9,11H,10,12H2,1H3,(H,24,31)(H2,25,26,30,32). The number of ether oxygens (including phenoxy) is 1. The highest BCUT2D eigenvalue weighted by atomic mass is 32.2. The molecule has 4 aromatic rings. The molecule has 0 unspecified atom stereocenters. The number of halogens is 1. The molecule has 0 atom stereocenters. The van der Waals surface area contributed by atoms with Crippen molar-refractivity contribution in [2.24, 2.45) is 0 Å². The topological polar surface area (TPSA) is 135 Å². The molecule has 0 saturated heterocycles. The van der Waals surface area contributed by atoms with Crippen molar-refractivity contribution in [2.45, 2.75) is 11.6 Å². The Labute approximate surface area is 196 Å². The lowest BCUT2D eigenvalue weighted by Crippen LogP contribution is -2.23. The molecule has 10 nitrogen and oxygen atoms in total. The van der Waals surface area contributed by atoms with Crippen LogP contribution in [-0.4, -0.2) is 43.5 Å². The average Bonchev–Trinajstić information content (AvgIpc) is 3.20. The van der Waals surface area contributed by atoms with Gasteiger partial charge in [0.15, 0.2) is 5.16 Å². The summed E-state index contributed by atoms with van der Waals surface area (Å²) in [5.74, 6) is 0.433. The molecular weight excluding hydrogens is 463 g/mol. The maximum Gasteiger partial charge on any atom is 0.325 e. The van der Waals surface area contributed by atoms with E-state index in [0.29, 0.717) is 33.8 Å². The van der Waals surface area contributed by atoms with Crippen LogP contribution in [0.15, 0.2) is 69.3 Å². The molecule has 4 rings (SSSR count). The zero-order valence-electron chi connectivity index (χ0n) is 17.9. The van der Waals surface area contributed by atoms with E-state index >= 15 is 0 Å². The lowest BCUT2D eigenvalue weighted by atomic mass is 10.2. The van der Waals surface area contributed by atoms with E-state index in [1.807, 2.05) is 0 Å². The van der Waals surface area contributed by atoms with Crippen LogP contribution in [0.1, 0.15) is 11.5 Å². The molecule has 0 spiro atoms. The number of carbonyl (C=O) groups excluding carboxylic acids is 1. The largest absolute Gasteiger partial charge is 0.497 e. The van der Waals surface area contributed by atoms with Gasteiger partial charge in [-0.05, 0) is 48.5 Å². The highest BCUT2D eigenvalue weighted by Gasteiger charge is 2.17. The van der Waals surface area contributed by atoms with Gasteiger partial charge in [-0.15, -0.1) is 10.2 Å². The number of H-pyrrole nitrogens is 2. The van der Waals surface area contributed by atoms with Gasteiger partial charge in [0.05, 0.1) is 12.9 Å². The van der Waals surface area contributed by atoms with Crippen LogP contribution in [0.5, 0.6) is 5.75 Å². The van der Waals surface area contributed by atoms with E-state index in [1.54, 1.807) is 48.1 Å². The molecule has 2 heterocycles. The monoisotopic (exact) mass is 482 g/mol. The van der Waals surface area contributed by atoms with E-state index in [4.69, 9.17) is 4.74 Å². The van der Waals surface area contributed by atoms with Gasteiger partial charge in [-0.2, -0.15) is 0 Å². The minimum Gasteiger partial charge on any atom is -0.497 e. The molecular formula is C22H19FN6O4S. The van der Waals surface area contributed by atoms with Crippen molar-refractivity contribution in [2.75, 3.05) is 18.2 Å². The van der Waals surface area contributed by atoms with Gasteiger partial charge in [0.2, 0.25) is 5.91 Å². The van der Waals surface area contributed by atoms with Crippen LogP contribution < -0.4 is 21.3 Å². The Morgan fingerprint density at radius 3 is 2.50 bits per heavy atom. The lowest BCUT2D eigenvalue weighted by Gasteiger charge is -2.10. The summed E-state index contributed by atoms with van der Waals surface area (Å²) < 4.78 is 20.2. The fraction of sp³-hybridized carbons (Fsp3) is 0.136. The fourth-order valence-corrected chi connectivity index (χ4v) is 3.92. The number of hydrogen-bond acceptors (Lipinski definition) is 7. The van der Waals surface area contributed by atoms with Crippen LogP contribution >= 0.6 is 11.8 Å². The summed E-state index contributed by atoms with van der Waals surface area (Å²) in [5.41, 5.74) is 0.326. The summed E-state index contributed by atoms with van der Waals surface area (Å²) in [6.45, 7) is 0. The number of hydrogen-bond donors (Lipinski definition) is 3. The summed E-state index contributed by atoms with van der Waals surface area (Å²) in [6, 6.07) is 13.8. The SMILES string of the molecule is COc1ccc(NC(=O)CSc2nnc(Cc3cc(=O)[nH]c(=O)[nH]3)n2-c2ccc(F)cc2)cc1. The molecule has 174 valence electrons. The van der Waals surface area contributed by atoms with Gasteiger partial charge < -0.3 is 15.0 Å². The number of methoxy groups -OCH3 is 1. The Bertz CT molecular complexity index is 1380. The lowest BCUT2D eigenvalue weighted by molar-refractivity contribution is -0.113. The second kappa shape index (κ2) is 10.2. The Balaban J connectivity index is 1.56. The molecule has 0 aliphatic carbocycles. The molecule has 2 aromatic carbocycles. The van der Waals surface area contributed by atoms with Crippen LogP contribution in [0.25, 0.3) is 5.69 Å². The maximum absolute atomic E-state index is 13.5. The second-order valence-electron chi connectivity index (χ2n) is 7.07. The van der Waals surface area contributed by atoms with Crippen LogP contribution in [-0.2, 0) is 11.2 Å². The number of anilines is 1. The zero-order valence-corrected chi connectivity index (χ0v) is 18.7. The third-order valence-corrected chi connectivity index (χ3v) is 5.58. The van der Waals surface area contributed by atoms with Crippen molar-refractivity contribution < 1.29 is 13.9 Å². The minimum atomic E-state index is -0.639. The van der Waals surface area contributed by atoms with Crippen molar-refractivity contribution in [3.8, 4) is 11.4 Å². The molecule has 0 aliphatic rings. The van der Waals surface area contributed by atoms with Gasteiger partial charge in [-0.1, -0.05) is 11.8 Å². The summed E-state index contributed by atoms with van der Waals surface area (Å²) >= 11 is 1.14. The van der Waals surface area contributed by atoms with E-state index in [2.05, 4.69) is 25.5 Å². The number of amides is 1. The molecule has 1 amide bonds. The normalized spacial score (nSPS) is 10.8. The van der Waals surface area contributed by atoms with Crippen LogP contribution in [0.4, 0.5) is 10.1 Å². The first-order valence-electron chi connectivity index (χ1n) is 10.0. The molecule has 0 fully saturated rings. The molecule has 3 N–H and O–H groups in total. The number of thioether (sulfide) groups is 1. The van der Waals surface area contributed by atoms with E-state index in [-0.39, 0.29) is 18.1 Å². The number of nitrogens with zero attached hydrogens (tertiary/aromatic N) is 3. The Morgan fingerprint density at radius 1 is 1.09 bits per heavy atom. The summed E-state index contributed by atoms with van der Waals surface area (Å²) in [4.78, 5) is 40.4. The Morgan fingerprint density at radius 2 is 1.82 bits per heavy atom. The first kappa shape index (κ1) is 23.0. The molecule has 0 saturated carbocycles. The van der Waals surface area contributed by atoms with E-state index < -0.39 is 17.1 Å². The van der Waals surface area contributed by atoms with Gasteiger partial charge in [0.25, 0.3) is 5.56 Å². The maximum atomic E-state index is 13.5. The highest BCUT2D eigenvalue weighted by molar-refractivity contribution is 7.99. The van der Waals surface area contributed by atoms with Crippen molar-refractivity contribution in [3.63, 3.8) is 0 Å². The van der Waals surface area contributed by atoms with Crippen molar-refractivity contribution >= 4 is 23.4 Å². The Kier molecular flexibility index (Phi) is 6.87. The van der Waals surface area contributed by atoms with E-state index in [1.165, 1.54) is 18.2 Å². The molecule has 0 aliphatic heterocycles.